The maximum Gasteiger partial charge on any atom is 0.190 e. The maximum atomic E-state index is 6.09. The summed E-state index contributed by atoms with van der Waals surface area (Å²) >= 11 is 0. The molecule has 2 fully saturated rings. The van der Waals surface area contributed by atoms with Crippen LogP contribution in [0, 0.1) is 17.3 Å². The molecule has 0 aromatic heterocycles. The molecule has 152 valence electrons. The molecule has 0 bridgehead atoms. The number of nitrogens with one attached hydrogen (secondary N) is 2. The molecule has 2 N–H and O–H groups in total. The first-order valence-electron chi connectivity index (χ1n) is 10.1. The normalized spacial score (nSPS) is 28.2. The number of aliphatic imine (C=N–C) groups is 1. The van der Waals surface area contributed by atoms with E-state index in [1.54, 1.807) is 0 Å². The van der Waals surface area contributed by atoms with Gasteiger partial charge in [-0.2, -0.15) is 0 Å². The Morgan fingerprint density at radius 2 is 1.78 bits per heavy atom. The van der Waals surface area contributed by atoms with Crippen molar-refractivity contribution >= 4 is 29.9 Å². The van der Waals surface area contributed by atoms with Crippen molar-refractivity contribution in [3.8, 4) is 0 Å². The number of hydrogen-bond acceptors (Lipinski definition) is 2. The van der Waals surface area contributed by atoms with Gasteiger partial charge in [-0.15, -0.1) is 24.0 Å². The van der Waals surface area contributed by atoms with Crippen LogP contribution in [-0.4, -0.2) is 38.8 Å². The molecule has 5 heteroatoms. The van der Waals surface area contributed by atoms with Crippen LogP contribution in [0.15, 0.2) is 35.3 Å². The fourth-order valence-electron chi connectivity index (χ4n) is 4.27. The highest BCUT2D eigenvalue weighted by molar-refractivity contribution is 14.0. The van der Waals surface area contributed by atoms with Crippen LogP contribution in [0.4, 0.5) is 0 Å². The van der Waals surface area contributed by atoms with Crippen LogP contribution < -0.4 is 10.6 Å². The van der Waals surface area contributed by atoms with Crippen LogP contribution in [-0.2, 0) is 4.74 Å². The van der Waals surface area contributed by atoms with Crippen molar-refractivity contribution in [2.45, 2.75) is 52.1 Å². The molecule has 4 unspecified atom stereocenters. The van der Waals surface area contributed by atoms with E-state index in [4.69, 9.17) is 4.74 Å². The molecular formula is C22H36IN3O. The van der Waals surface area contributed by atoms with Gasteiger partial charge in [0.2, 0.25) is 0 Å². The van der Waals surface area contributed by atoms with Gasteiger partial charge in [0.15, 0.2) is 5.96 Å². The summed E-state index contributed by atoms with van der Waals surface area (Å²) in [5.41, 5.74) is 1.65. The van der Waals surface area contributed by atoms with Gasteiger partial charge in [-0.05, 0) is 42.1 Å². The van der Waals surface area contributed by atoms with Crippen LogP contribution in [0.1, 0.15) is 51.5 Å². The minimum atomic E-state index is 0. The lowest BCUT2D eigenvalue weighted by Gasteiger charge is -2.40. The fraction of sp³-hybridized carbons (Fsp3) is 0.682. The van der Waals surface area contributed by atoms with Crippen molar-refractivity contribution < 1.29 is 4.74 Å². The van der Waals surface area contributed by atoms with E-state index in [0.29, 0.717) is 17.9 Å². The van der Waals surface area contributed by atoms with E-state index in [-0.39, 0.29) is 29.4 Å². The van der Waals surface area contributed by atoms with Gasteiger partial charge in [0, 0.05) is 32.7 Å². The smallest absolute Gasteiger partial charge is 0.190 e. The van der Waals surface area contributed by atoms with Crippen molar-refractivity contribution in [3.05, 3.63) is 35.9 Å². The summed E-state index contributed by atoms with van der Waals surface area (Å²) in [6.45, 7) is 9.64. The van der Waals surface area contributed by atoms with Gasteiger partial charge in [0.05, 0.1) is 6.10 Å². The molecule has 2 aliphatic rings. The fourth-order valence-corrected chi connectivity index (χ4v) is 4.27. The summed E-state index contributed by atoms with van der Waals surface area (Å²) in [5, 5.41) is 7.06. The topological polar surface area (TPSA) is 45.7 Å². The van der Waals surface area contributed by atoms with Crippen molar-refractivity contribution in [2.24, 2.45) is 22.2 Å². The van der Waals surface area contributed by atoms with Gasteiger partial charge in [-0.25, -0.2) is 0 Å². The first-order chi connectivity index (χ1) is 12.5. The first kappa shape index (κ1) is 22.5. The van der Waals surface area contributed by atoms with E-state index >= 15 is 0 Å². The number of guanidine groups is 1. The lowest BCUT2D eigenvalue weighted by molar-refractivity contribution is -0.0835. The third kappa shape index (κ3) is 6.34. The molecule has 4 nitrogen and oxygen atoms in total. The van der Waals surface area contributed by atoms with Crippen LogP contribution in [0.3, 0.4) is 0 Å². The van der Waals surface area contributed by atoms with E-state index in [1.807, 2.05) is 7.05 Å². The molecule has 1 saturated carbocycles. The predicted octanol–water partition coefficient (Wildman–Crippen LogP) is 4.41. The number of benzene rings is 1. The van der Waals surface area contributed by atoms with Gasteiger partial charge in [0.25, 0.3) is 0 Å². The zero-order chi connectivity index (χ0) is 18.6. The number of nitrogens with zero attached hydrogens (tertiary/aromatic N) is 1. The summed E-state index contributed by atoms with van der Waals surface area (Å²) in [4.78, 5) is 4.41. The van der Waals surface area contributed by atoms with Gasteiger partial charge in [0.1, 0.15) is 0 Å². The molecule has 1 aromatic carbocycles. The molecule has 3 rings (SSSR count). The SMILES string of the molecule is CN=C(NCC1CC1c1ccccc1)NCC1CCCOC1C(C)(C)C.I. The number of halogens is 1. The Kier molecular flexibility index (Phi) is 8.40. The second-order valence-electron chi connectivity index (χ2n) is 8.91. The molecule has 1 aliphatic carbocycles. The number of hydrogen-bond donors (Lipinski definition) is 2. The molecule has 0 spiro atoms. The second kappa shape index (κ2) is 10.1. The van der Waals surface area contributed by atoms with Crippen LogP contribution in [0.25, 0.3) is 0 Å². The van der Waals surface area contributed by atoms with Crippen molar-refractivity contribution in [3.63, 3.8) is 0 Å². The standard InChI is InChI=1S/C22H35N3O.HI/c1-22(2,3)20-17(11-8-12-26-20)14-24-21(23-4)25-15-18-13-19(18)16-9-6-5-7-10-16;/h5-7,9-10,17-20H,8,11-15H2,1-4H3,(H2,23,24,25);1H. The Hall–Kier alpha value is -0.820. The summed E-state index contributed by atoms with van der Waals surface area (Å²) in [6.07, 6.45) is 3.97. The van der Waals surface area contributed by atoms with Gasteiger partial charge in [-0.3, -0.25) is 4.99 Å². The molecule has 1 aliphatic heterocycles. The summed E-state index contributed by atoms with van der Waals surface area (Å²) in [6, 6.07) is 10.8. The van der Waals surface area contributed by atoms with Crippen LogP contribution in [0.5, 0.6) is 0 Å². The van der Waals surface area contributed by atoms with E-state index < -0.39 is 0 Å². The zero-order valence-electron chi connectivity index (χ0n) is 17.2. The Balaban J connectivity index is 0.00000261. The van der Waals surface area contributed by atoms with Gasteiger partial charge in [-0.1, -0.05) is 51.1 Å². The highest BCUT2D eigenvalue weighted by atomic mass is 127. The summed E-state index contributed by atoms with van der Waals surface area (Å²) < 4.78 is 6.09. The van der Waals surface area contributed by atoms with E-state index in [0.717, 1.165) is 38.0 Å². The summed E-state index contributed by atoms with van der Waals surface area (Å²) in [5.74, 6) is 2.89. The third-order valence-electron chi connectivity index (χ3n) is 5.74. The summed E-state index contributed by atoms with van der Waals surface area (Å²) in [7, 11) is 1.86. The highest BCUT2D eigenvalue weighted by Crippen LogP contribution is 2.46. The van der Waals surface area contributed by atoms with E-state index in [9.17, 15) is 0 Å². The quantitative estimate of drug-likeness (QED) is 0.369. The average Bonchev–Trinajstić information content (AvgIpc) is 3.42. The minimum absolute atomic E-state index is 0. The second-order valence-corrected chi connectivity index (χ2v) is 8.91. The van der Waals surface area contributed by atoms with Crippen LogP contribution in [0.2, 0.25) is 0 Å². The average molecular weight is 485 g/mol. The Bertz CT molecular complexity index is 599. The Morgan fingerprint density at radius 1 is 1.11 bits per heavy atom. The van der Waals surface area contributed by atoms with E-state index in [2.05, 4.69) is 66.7 Å². The number of ether oxygens (including phenoxy) is 1. The number of rotatable bonds is 5. The highest BCUT2D eigenvalue weighted by Gasteiger charge is 2.38. The minimum Gasteiger partial charge on any atom is -0.377 e. The third-order valence-corrected chi connectivity index (χ3v) is 5.74. The Labute approximate surface area is 182 Å². The maximum absolute atomic E-state index is 6.09. The van der Waals surface area contributed by atoms with Crippen LogP contribution >= 0.6 is 24.0 Å². The molecule has 4 atom stereocenters. The monoisotopic (exact) mass is 485 g/mol. The zero-order valence-corrected chi connectivity index (χ0v) is 19.5. The van der Waals surface area contributed by atoms with Crippen molar-refractivity contribution in [1.29, 1.82) is 0 Å². The lowest BCUT2D eigenvalue weighted by Crippen LogP contribution is -2.47. The molecule has 27 heavy (non-hydrogen) atoms. The molecule has 1 saturated heterocycles. The molecule has 1 aromatic rings. The van der Waals surface area contributed by atoms with E-state index in [1.165, 1.54) is 18.4 Å². The van der Waals surface area contributed by atoms with Gasteiger partial charge < -0.3 is 15.4 Å². The molecular weight excluding hydrogens is 449 g/mol. The van der Waals surface area contributed by atoms with Crippen molar-refractivity contribution in [2.75, 3.05) is 26.7 Å². The Morgan fingerprint density at radius 3 is 2.41 bits per heavy atom. The van der Waals surface area contributed by atoms with Gasteiger partial charge >= 0.3 is 0 Å². The lowest BCUT2D eigenvalue weighted by atomic mass is 9.78. The first-order valence-corrected chi connectivity index (χ1v) is 10.1. The predicted molar refractivity (Wildman–Crippen MR) is 124 cm³/mol. The molecule has 0 radical (unpaired) electrons. The molecule has 0 amide bonds. The largest absolute Gasteiger partial charge is 0.377 e. The molecule has 1 heterocycles. The van der Waals surface area contributed by atoms with Crippen molar-refractivity contribution in [1.82, 2.24) is 10.6 Å².